The maximum absolute atomic E-state index is 11.9. The molecular weight excluding hydrogens is 282 g/mol. The molecular formula is C12H11N3O6. The third-order valence-corrected chi connectivity index (χ3v) is 2.73. The Morgan fingerprint density at radius 3 is 2.71 bits per heavy atom. The lowest BCUT2D eigenvalue weighted by molar-refractivity contribution is -0.384. The molecule has 0 unspecified atom stereocenters. The molecule has 9 nitrogen and oxygen atoms in total. The summed E-state index contributed by atoms with van der Waals surface area (Å²) >= 11 is 0. The van der Waals surface area contributed by atoms with Crippen LogP contribution in [0.5, 0.6) is 0 Å². The molecule has 0 atom stereocenters. The number of aromatic carboxylic acids is 1. The number of rotatable bonds is 5. The van der Waals surface area contributed by atoms with E-state index < -0.39 is 16.8 Å². The van der Waals surface area contributed by atoms with Gasteiger partial charge in [0.25, 0.3) is 11.6 Å². The van der Waals surface area contributed by atoms with Gasteiger partial charge in [0.05, 0.1) is 17.7 Å². The van der Waals surface area contributed by atoms with E-state index in [1.807, 2.05) is 0 Å². The third-order valence-electron chi connectivity index (χ3n) is 2.73. The molecule has 0 saturated heterocycles. The van der Waals surface area contributed by atoms with Crippen LogP contribution < -0.4 is 5.32 Å². The fourth-order valence-corrected chi connectivity index (χ4v) is 1.72. The lowest BCUT2D eigenvalue weighted by Gasteiger charge is -2.03. The summed E-state index contributed by atoms with van der Waals surface area (Å²) < 4.78 is 6.31. The lowest BCUT2D eigenvalue weighted by Crippen LogP contribution is -2.24. The highest BCUT2D eigenvalue weighted by Gasteiger charge is 2.18. The molecule has 0 saturated carbocycles. The van der Waals surface area contributed by atoms with Crippen LogP contribution in [-0.2, 0) is 13.6 Å². The average molecular weight is 293 g/mol. The van der Waals surface area contributed by atoms with Gasteiger partial charge in [-0.2, -0.15) is 0 Å². The van der Waals surface area contributed by atoms with E-state index in [1.54, 1.807) is 0 Å². The van der Waals surface area contributed by atoms with Crippen molar-refractivity contribution in [3.05, 3.63) is 51.7 Å². The van der Waals surface area contributed by atoms with E-state index in [4.69, 9.17) is 9.52 Å². The van der Waals surface area contributed by atoms with Gasteiger partial charge in [-0.25, -0.2) is 4.79 Å². The topological polar surface area (TPSA) is 128 Å². The Bertz CT molecular complexity index is 714. The number of carbonyl (C=O) groups is 2. The Balaban J connectivity index is 2.04. The van der Waals surface area contributed by atoms with Gasteiger partial charge in [-0.1, -0.05) is 0 Å². The van der Waals surface area contributed by atoms with Crippen LogP contribution in [0.1, 0.15) is 26.8 Å². The number of nitro groups is 1. The highest BCUT2D eigenvalue weighted by atomic mass is 16.6. The predicted octanol–water partition coefficient (Wildman–Crippen LogP) is 1.15. The molecule has 0 aliphatic carbocycles. The van der Waals surface area contributed by atoms with Crippen molar-refractivity contribution in [3.8, 4) is 0 Å². The molecule has 0 aliphatic rings. The van der Waals surface area contributed by atoms with Crippen molar-refractivity contribution in [2.24, 2.45) is 7.05 Å². The first kappa shape index (κ1) is 14.3. The molecule has 0 radical (unpaired) electrons. The molecule has 9 heteroatoms. The zero-order chi connectivity index (χ0) is 15.6. The third kappa shape index (κ3) is 3.08. The molecule has 110 valence electrons. The molecule has 0 bridgehead atoms. The lowest BCUT2D eigenvalue weighted by atomic mass is 10.3. The van der Waals surface area contributed by atoms with E-state index in [9.17, 15) is 19.7 Å². The van der Waals surface area contributed by atoms with Crippen LogP contribution in [0, 0.1) is 10.1 Å². The van der Waals surface area contributed by atoms with Gasteiger partial charge in [-0.15, -0.1) is 0 Å². The van der Waals surface area contributed by atoms with E-state index in [0.29, 0.717) is 0 Å². The molecule has 2 aromatic heterocycles. The zero-order valence-corrected chi connectivity index (χ0v) is 10.9. The van der Waals surface area contributed by atoms with Gasteiger partial charge in [0, 0.05) is 13.1 Å². The van der Waals surface area contributed by atoms with E-state index in [-0.39, 0.29) is 29.4 Å². The Labute approximate surface area is 117 Å². The summed E-state index contributed by atoms with van der Waals surface area (Å²) in [6, 6.07) is 3.86. The van der Waals surface area contributed by atoms with Crippen molar-refractivity contribution in [1.29, 1.82) is 0 Å². The molecule has 1 amide bonds. The van der Waals surface area contributed by atoms with Crippen LogP contribution in [0.2, 0.25) is 0 Å². The van der Waals surface area contributed by atoms with Crippen LogP contribution in [0.15, 0.2) is 28.8 Å². The Hall–Kier alpha value is -3.10. The van der Waals surface area contributed by atoms with Gasteiger partial charge in [0.2, 0.25) is 5.76 Å². The van der Waals surface area contributed by atoms with E-state index in [1.165, 1.54) is 29.9 Å². The summed E-state index contributed by atoms with van der Waals surface area (Å²) in [5.74, 6) is -1.69. The average Bonchev–Trinajstić information content (AvgIpc) is 3.02. The van der Waals surface area contributed by atoms with E-state index in [2.05, 4.69) is 5.32 Å². The number of amides is 1. The SMILES string of the molecule is Cn1cc([N+](=O)[O-])cc1C(=O)NCc1ccc(C(=O)O)o1. The number of nitrogens with one attached hydrogen (secondary N) is 1. The number of nitrogens with zero attached hydrogens (tertiary/aromatic N) is 2. The zero-order valence-electron chi connectivity index (χ0n) is 10.9. The Morgan fingerprint density at radius 1 is 1.48 bits per heavy atom. The van der Waals surface area contributed by atoms with Crippen molar-refractivity contribution in [2.75, 3.05) is 0 Å². The monoisotopic (exact) mass is 293 g/mol. The number of furan rings is 1. The second-order valence-corrected chi connectivity index (χ2v) is 4.21. The largest absolute Gasteiger partial charge is 0.475 e. The highest BCUT2D eigenvalue weighted by Crippen LogP contribution is 2.15. The number of carboxylic acids is 1. The van der Waals surface area contributed by atoms with E-state index >= 15 is 0 Å². The van der Waals surface area contributed by atoms with E-state index in [0.717, 1.165) is 6.07 Å². The van der Waals surface area contributed by atoms with Crippen molar-refractivity contribution >= 4 is 17.6 Å². The normalized spacial score (nSPS) is 10.3. The predicted molar refractivity (Wildman–Crippen MR) is 68.9 cm³/mol. The van der Waals surface area contributed by atoms with Crippen LogP contribution >= 0.6 is 0 Å². The molecule has 0 spiro atoms. The number of hydrogen-bond donors (Lipinski definition) is 2. The van der Waals surface area contributed by atoms with Crippen LogP contribution in [0.25, 0.3) is 0 Å². The van der Waals surface area contributed by atoms with Gasteiger partial charge in [-0.05, 0) is 12.1 Å². The first-order valence-electron chi connectivity index (χ1n) is 5.79. The van der Waals surface area contributed by atoms with Gasteiger partial charge < -0.3 is 19.4 Å². The van der Waals surface area contributed by atoms with Crippen molar-refractivity contribution in [3.63, 3.8) is 0 Å². The Morgan fingerprint density at radius 2 is 2.19 bits per heavy atom. The van der Waals surface area contributed by atoms with Crippen LogP contribution in [-0.4, -0.2) is 26.5 Å². The fraction of sp³-hybridized carbons (Fsp3) is 0.167. The highest BCUT2D eigenvalue weighted by molar-refractivity contribution is 5.93. The maximum atomic E-state index is 11.9. The second kappa shape index (κ2) is 5.49. The molecule has 2 heterocycles. The minimum atomic E-state index is -1.20. The fourth-order valence-electron chi connectivity index (χ4n) is 1.72. The summed E-state index contributed by atoms with van der Waals surface area (Å²) in [7, 11) is 1.51. The summed E-state index contributed by atoms with van der Waals surface area (Å²) in [4.78, 5) is 32.6. The minimum Gasteiger partial charge on any atom is -0.475 e. The van der Waals surface area contributed by atoms with Gasteiger partial charge in [-0.3, -0.25) is 14.9 Å². The van der Waals surface area contributed by atoms with Crippen LogP contribution in [0.3, 0.4) is 0 Å². The standard InChI is InChI=1S/C12H11N3O6/c1-14-6-7(15(19)20)4-9(14)11(16)13-5-8-2-3-10(21-8)12(17)18/h2-4,6H,5H2,1H3,(H,13,16)(H,17,18). The second-order valence-electron chi connectivity index (χ2n) is 4.21. The first-order chi connectivity index (χ1) is 9.88. The number of aromatic nitrogens is 1. The molecule has 2 rings (SSSR count). The number of aryl methyl sites for hydroxylation is 1. The molecule has 0 aliphatic heterocycles. The van der Waals surface area contributed by atoms with Crippen molar-refractivity contribution in [2.45, 2.75) is 6.54 Å². The quantitative estimate of drug-likeness (QED) is 0.628. The molecule has 0 fully saturated rings. The van der Waals surface area contributed by atoms with Crippen molar-refractivity contribution < 1.29 is 24.0 Å². The van der Waals surface area contributed by atoms with Crippen molar-refractivity contribution in [1.82, 2.24) is 9.88 Å². The van der Waals surface area contributed by atoms with Gasteiger partial charge >= 0.3 is 5.97 Å². The smallest absolute Gasteiger partial charge is 0.371 e. The first-order valence-corrected chi connectivity index (χ1v) is 5.79. The summed E-state index contributed by atoms with van der Waals surface area (Å²) in [5.41, 5.74) is -0.0690. The summed E-state index contributed by atoms with van der Waals surface area (Å²) in [6.07, 6.45) is 1.23. The number of carbonyl (C=O) groups excluding carboxylic acids is 1. The molecule has 21 heavy (non-hydrogen) atoms. The molecule has 2 N–H and O–H groups in total. The molecule has 2 aromatic rings. The summed E-state index contributed by atoms with van der Waals surface area (Å²) in [6.45, 7) is -0.0227. The van der Waals surface area contributed by atoms with Gasteiger partial charge in [0.15, 0.2) is 0 Å². The number of hydrogen-bond acceptors (Lipinski definition) is 5. The van der Waals surface area contributed by atoms with Gasteiger partial charge in [0.1, 0.15) is 11.5 Å². The minimum absolute atomic E-state index is 0.0227. The number of carboxylic acid groups (broad SMARTS) is 1. The Kier molecular flexibility index (Phi) is 3.74. The molecule has 0 aromatic carbocycles. The summed E-state index contributed by atoms with van der Waals surface area (Å²) in [5, 5.41) is 21.8. The van der Waals surface area contributed by atoms with Crippen LogP contribution in [0.4, 0.5) is 5.69 Å². The maximum Gasteiger partial charge on any atom is 0.371 e.